The molecule has 0 amide bonds. The van der Waals surface area contributed by atoms with Gasteiger partial charge in [-0.3, -0.25) is 4.99 Å². The summed E-state index contributed by atoms with van der Waals surface area (Å²) in [7, 11) is 2.28. The second kappa shape index (κ2) is 11.7. The Bertz CT molecular complexity index is 418. The van der Waals surface area contributed by atoms with Crippen molar-refractivity contribution in [1.29, 1.82) is 0 Å². The Balaban J connectivity index is 0.00000243. The van der Waals surface area contributed by atoms with Crippen LogP contribution >= 0.6 is 24.0 Å². The molecule has 1 atom stereocenters. The number of aliphatic imine (C=N–C) groups is 1. The average molecular weight is 477 g/mol. The SMILES string of the molecule is CCNC(=NCCN(C)C1CCCC1)N1CCC(CN2CCCC2)C1.I. The van der Waals surface area contributed by atoms with Crippen LogP contribution in [0.1, 0.15) is 51.9 Å². The Morgan fingerprint density at radius 1 is 1.08 bits per heavy atom. The van der Waals surface area contributed by atoms with Gasteiger partial charge in [-0.2, -0.15) is 0 Å². The van der Waals surface area contributed by atoms with Gasteiger partial charge in [0, 0.05) is 38.8 Å². The molecule has 3 fully saturated rings. The number of guanidine groups is 1. The Hall–Kier alpha value is -0.0800. The molecule has 2 heterocycles. The molecule has 152 valence electrons. The zero-order valence-corrected chi connectivity index (χ0v) is 19.3. The van der Waals surface area contributed by atoms with E-state index in [1.165, 1.54) is 77.7 Å². The summed E-state index contributed by atoms with van der Waals surface area (Å²) < 4.78 is 0. The monoisotopic (exact) mass is 477 g/mol. The minimum Gasteiger partial charge on any atom is -0.357 e. The van der Waals surface area contributed by atoms with Crippen molar-refractivity contribution in [3.05, 3.63) is 0 Å². The summed E-state index contributed by atoms with van der Waals surface area (Å²) in [6, 6.07) is 0.800. The molecular weight excluding hydrogens is 437 g/mol. The molecule has 3 rings (SSSR count). The Labute approximate surface area is 178 Å². The van der Waals surface area contributed by atoms with Crippen molar-refractivity contribution in [1.82, 2.24) is 20.0 Å². The lowest BCUT2D eigenvalue weighted by Gasteiger charge is -2.25. The zero-order chi connectivity index (χ0) is 17.5. The first kappa shape index (κ1) is 22.2. The van der Waals surface area contributed by atoms with Crippen molar-refractivity contribution >= 4 is 29.9 Å². The Morgan fingerprint density at radius 3 is 2.50 bits per heavy atom. The summed E-state index contributed by atoms with van der Waals surface area (Å²) in [5.41, 5.74) is 0. The number of hydrogen-bond acceptors (Lipinski definition) is 3. The predicted molar refractivity (Wildman–Crippen MR) is 122 cm³/mol. The summed E-state index contributed by atoms with van der Waals surface area (Å²) in [5.74, 6) is 1.97. The van der Waals surface area contributed by atoms with Gasteiger partial charge in [-0.15, -0.1) is 24.0 Å². The Morgan fingerprint density at radius 2 is 1.81 bits per heavy atom. The highest BCUT2D eigenvalue weighted by atomic mass is 127. The van der Waals surface area contributed by atoms with Crippen LogP contribution in [0.4, 0.5) is 0 Å². The van der Waals surface area contributed by atoms with E-state index in [1.54, 1.807) is 0 Å². The molecule has 1 unspecified atom stereocenters. The Kier molecular flexibility index (Phi) is 9.99. The predicted octanol–water partition coefficient (Wildman–Crippen LogP) is 2.86. The van der Waals surface area contributed by atoms with E-state index in [1.807, 2.05) is 0 Å². The number of halogens is 1. The molecule has 2 aliphatic heterocycles. The van der Waals surface area contributed by atoms with Gasteiger partial charge in [-0.05, 0) is 65.1 Å². The molecule has 3 aliphatic rings. The van der Waals surface area contributed by atoms with Crippen molar-refractivity contribution in [2.24, 2.45) is 10.9 Å². The minimum atomic E-state index is 0. The smallest absolute Gasteiger partial charge is 0.193 e. The maximum Gasteiger partial charge on any atom is 0.193 e. The van der Waals surface area contributed by atoms with E-state index in [0.29, 0.717) is 0 Å². The van der Waals surface area contributed by atoms with E-state index < -0.39 is 0 Å². The molecule has 0 aromatic heterocycles. The van der Waals surface area contributed by atoms with Crippen LogP contribution in [0.3, 0.4) is 0 Å². The lowest BCUT2D eigenvalue weighted by atomic mass is 10.1. The summed E-state index contributed by atoms with van der Waals surface area (Å²) in [4.78, 5) is 12.6. The highest BCUT2D eigenvalue weighted by molar-refractivity contribution is 14.0. The van der Waals surface area contributed by atoms with Gasteiger partial charge in [0.1, 0.15) is 0 Å². The first-order valence-corrected chi connectivity index (χ1v) is 10.7. The van der Waals surface area contributed by atoms with Crippen molar-refractivity contribution in [3.8, 4) is 0 Å². The summed E-state index contributed by atoms with van der Waals surface area (Å²) >= 11 is 0. The standard InChI is InChI=1S/C20H39N5.HI/c1-3-21-20(22-11-15-23(2)19-8-4-5-9-19)25-14-10-18(17-25)16-24-12-6-7-13-24;/h18-19H,3-17H2,1-2H3,(H,21,22);1H. The molecule has 1 saturated carbocycles. The van der Waals surface area contributed by atoms with E-state index in [0.717, 1.165) is 37.6 Å². The third-order valence-electron chi connectivity index (χ3n) is 6.30. The van der Waals surface area contributed by atoms with Gasteiger partial charge >= 0.3 is 0 Å². The second-order valence-electron chi connectivity index (χ2n) is 8.26. The minimum absolute atomic E-state index is 0. The van der Waals surface area contributed by atoms with E-state index in [-0.39, 0.29) is 24.0 Å². The van der Waals surface area contributed by atoms with E-state index in [2.05, 4.69) is 34.0 Å². The number of rotatable bonds is 7. The summed E-state index contributed by atoms with van der Waals surface area (Å²) in [6.07, 6.45) is 9.70. The third kappa shape index (κ3) is 6.51. The van der Waals surface area contributed by atoms with Gasteiger partial charge in [0.2, 0.25) is 0 Å². The number of nitrogens with zero attached hydrogens (tertiary/aromatic N) is 4. The quantitative estimate of drug-likeness (QED) is 0.348. The van der Waals surface area contributed by atoms with Crippen molar-refractivity contribution in [2.75, 3.05) is 59.4 Å². The molecule has 0 aromatic rings. The van der Waals surface area contributed by atoms with Crippen LogP contribution in [0.15, 0.2) is 4.99 Å². The van der Waals surface area contributed by atoms with Crippen LogP contribution in [0.2, 0.25) is 0 Å². The van der Waals surface area contributed by atoms with Crippen LogP contribution in [-0.2, 0) is 0 Å². The third-order valence-corrected chi connectivity index (χ3v) is 6.30. The fourth-order valence-electron chi connectivity index (χ4n) is 4.77. The van der Waals surface area contributed by atoms with Crippen LogP contribution in [0, 0.1) is 5.92 Å². The molecule has 0 spiro atoms. The highest BCUT2D eigenvalue weighted by Crippen LogP contribution is 2.22. The topological polar surface area (TPSA) is 34.1 Å². The number of hydrogen-bond donors (Lipinski definition) is 1. The van der Waals surface area contributed by atoms with Crippen LogP contribution in [0.5, 0.6) is 0 Å². The van der Waals surface area contributed by atoms with Crippen LogP contribution in [-0.4, -0.2) is 86.1 Å². The first-order chi connectivity index (χ1) is 12.3. The molecule has 26 heavy (non-hydrogen) atoms. The van der Waals surface area contributed by atoms with E-state index in [9.17, 15) is 0 Å². The van der Waals surface area contributed by atoms with Gasteiger partial charge in [-0.1, -0.05) is 12.8 Å². The van der Waals surface area contributed by atoms with Gasteiger partial charge in [-0.25, -0.2) is 0 Å². The van der Waals surface area contributed by atoms with Crippen LogP contribution in [0.25, 0.3) is 0 Å². The fraction of sp³-hybridized carbons (Fsp3) is 0.950. The fourth-order valence-corrected chi connectivity index (χ4v) is 4.77. The van der Waals surface area contributed by atoms with Crippen molar-refractivity contribution in [3.63, 3.8) is 0 Å². The average Bonchev–Trinajstić information content (AvgIpc) is 3.37. The molecule has 5 nitrogen and oxygen atoms in total. The molecular formula is C20H40IN5. The van der Waals surface area contributed by atoms with Gasteiger partial charge in [0.15, 0.2) is 5.96 Å². The molecule has 6 heteroatoms. The zero-order valence-electron chi connectivity index (χ0n) is 17.0. The maximum absolute atomic E-state index is 4.95. The molecule has 0 aromatic carbocycles. The van der Waals surface area contributed by atoms with E-state index >= 15 is 0 Å². The van der Waals surface area contributed by atoms with Crippen LogP contribution < -0.4 is 5.32 Å². The second-order valence-corrected chi connectivity index (χ2v) is 8.26. The largest absolute Gasteiger partial charge is 0.357 e. The lowest BCUT2D eigenvalue weighted by Crippen LogP contribution is -2.41. The maximum atomic E-state index is 4.95. The van der Waals surface area contributed by atoms with Crippen molar-refractivity contribution < 1.29 is 0 Å². The number of likely N-dealkylation sites (N-methyl/N-ethyl adjacent to an activating group) is 1. The van der Waals surface area contributed by atoms with Crippen molar-refractivity contribution in [2.45, 2.75) is 57.9 Å². The lowest BCUT2D eigenvalue weighted by molar-refractivity contribution is 0.252. The molecule has 2 saturated heterocycles. The van der Waals surface area contributed by atoms with Gasteiger partial charge in [0.05, 0.1) is 6.54 Å². The molecule has 1 N–H and O–H groups in total. The molecule has 1 aliphatic carbocycles. The van der Waals surface area contributed by atoms with Gasteiger partial charge in [0.25, 0.3) is 0 Å². The number of nitrogens with one attached hydrogen (secondary N) is 1. The van der Waals surface area contributed by atoms with Gasteiger partial charge < -0.3 is 20.0 Å². The number of likely N-dealkylation sites (tertiary alicyclic amines) is 2. The summed E-state index contributed by atoms with van der Waals surface area (Å²) in [6.45, 7) is 11.4. The van der Waals surface area contributed by atoms with E-state index in [4.69, 9.17) is 4.99 Å². The highest BCUT2D eigenvalue weighted by Gasteiger charge is 2.27. The summed E-state index contributed by atoms with van der Waals surface area (Å²) in [5, 5.41) is 3.53. The molecule has 0 bridgehead atoms. The first-order valence-electron chi connectivity index (χ1n) is 10.7. The normalized spacial score (nSPS) is 25.3. The molecule has 0 radical (unpaired) electrons.